The third kappa shape index (κ3) is 6.48. The molecule has 2 N–H and O–H groups in total. The highest BCUT2D eigenvalue weighted by Crippen LogP contribution is 2.36. The molecule has 0 saturated heterocycles. The fraction of sp³-hybridized carbons (Fsp3) is 0.364. The Morgan fingerprint density at radius 3 is 1.69 bits per heavy atom. The minimum atomic E-state index is -5.13. The van der Waals surface area contributed by atoms with E-state index in [1.54, 1.807) is 24.3 Å². The van der Waals surface area contributed by atoms with Crippen LogP contribution in [0.4, 0.5) is 26.3 Å². The minimum absolute atomic E-state index is 0.109. The first-order chi connectivity index (χ1) is 14.5. The summed E-state index contributed by atoms with van der Waals surface area (Å²) in [7, 11) is 0. The first-order valence-corrected chi connectivity index (χ1v) is 9.41. The molecule has 0 fully saturated rings. The van der Waals surface area contributed by atoms with Crippen molar-refractivity contribution in [1.29, 1.82) is 0 Å². The van der Waals surface area contributed by atoms with Crippen molar-refractivity contribution < 1.29 is 41.0 Å². The molecule has 2 aromatic carbocycles. The molecule has 1 amide bonds. The van der Waals surface area contributed by atoms with Gasteiger partial charge in [-0.2, -0.15) is 26.3 Å². The molecule has 0 aliphatic rings. The number of benzene rings is 2. The smallest absolute Gasteiger partial charge is 0.416 e. The SMILES string of the molecule is CC(C)(C)c1ccc(C[C@H](NC(=O)c2cc(C(F)(F)F)cc(C(F)(F)F)c2)C(=O)O)cc1. The molecular formula is C22H21F6NO3. The van der Waals surface area contributed by atoms with Gasteiger partial charge in [0.2, 0.25) is 0 Å². The van der Waals surface area contributed by atoms with Crippen LogP contribution in [0.15, 0.2) is 42.5 Å². The second-order valence-corrected chi connectivity index (χ2v) is 8.31. The van der Waals surface area contributed by atoms with E-state index in [1.165, 1.54) is 0 Å². The summed E-state index contributed by atoms with van der Waals surface area (Å²) in [5, 5.41) is 11.4. The van der Waals surface area contributed by atoms with E-state index in [1.807, 2.05) is 26.1 Å². The molecule has 10 heteroatoms. The molecule has 1 atom stereocenters. The van der Waals surface area contributed by atoms with Crippen molar-refractivity contribution >= 4 is 11.9 Å². The number of carboxylic acids is 1. The Morgan fingerprint density at radius 1 is 0.844 bits per heavy atom. The van der Waals surface area contributed by atoms with Gasteiger partial charge in [0, 0.05) is 12.0 Å². The zero-order valence-electron chi connectivity index (χ0n) is 17.4. The lowest BCUT2D eigenvalue weighted by atomic mass is 9.86. The predicted octanol–water partition coefficient (Wildman–Crippen LogP) is 5.45. The van der Waals surface area contributed by atoms with Gasteiger partial charge < -0.3 is 10.4 Å². The lowest BCUT2D eigenvalue weighted by Crippen LogP contribution is -2.42. The van der Waals surface area contributed by atoms with Gasteiger partial charge in [-0.05, 0) is 34.7 Å². The largest absolute Gasteiger partial charge is 0.480 e. The molecule has 2 rings (SSSR count). The molecular weight excluding hydrogens is 440 g/mol. The molecule has 0 radical (unpaired) electrons. The standard InChI is InChI=1S/C22H21F6NO3/c1-20(2,3)14-6-4-12(5-7-14)8-17(19(31)32)29-18(30)13-9-15(21(23,24)25)11-16(10-13)22(26,27)28/h4-7,9-11,17H,8H2,1-3H3,(H,29,30)(H,31,32)/t17-/m0/s1. The highest BCUT2D eigenvalue weighted by molar-refractivity contribution is 5.97. The second-order valence-electron chi connectivity index (χ2n) is 8.31. The molecule has 0 aliphatic carbocycles. The third-order valence-corrected chi connectivity index (χ3v) is 4.71. The fourth-order valence-corrected chi connectivity index (χ4v) is 2.90. The lowest BCUT2D eigenvalue weighted by Gasteiger charge is -2.20. The normalized spacial score (nSPS) is 13.5. The summed E-state index contributed by atoms with van der Waals surface area (Å²) in [6.07, 6.45) is -10.5. The molecule has 0 saturated carbocycles. The van der Waals surface area contributed by atoms with E-state index in [-0.39, 0.29) is 30.0 Å². The van der Waals surface area contributed by atoms with Crippen molar-refractivity contribution in [2.45, 2.75) is 51.0 Å². The zero-order chi connectivity index (χ0) is 24.5. The second kappa shape index (κ2) is 8.84. The Balaban J connectivity index is 2.31. The summed E-state index contributed by atoms with van der Waals surface area (Å²) in [5.41, 5.74) is -2.93. The average molecular weight is 461 g/mol. The number of halogens is 6. The van der Waals surface area contributed by atoms with Gasteiger partial charge in [-0.15, -0.1) is 0 Å². The fourth-order valence-electron chi connectivity index (χ4n) is 2.90. The van der Waals surface area contributed by atoms with Crippen molar-refractivity contribution in [2.24, 2.45) is 0 Å². The van der Waals surface area contributed by atoms with Crippen molar-refractivity contribution in [3.05, 3.63) is 70.3 Å². The van der Waals surface area contributed by atoms with Crippen LogP contribution in [-0.2, 0) is 29.0 Å². The number of aliphatic carboxylic acids is 1. The number of carbonyl (C=O) groups is 2. The molecule has 174 valence electrons. The molecule has 0 aromatic heterocycles. The van der Waals surface area contributed by atoms with Crippen molar-refractivity contribution in [1.82, 2.24) is 5.32 Å². The molecule has 0 bridgehead atoms. The number of nitrogens with one attached hydrogen (secondary N) is 1. The number of amides is 1. The number of carbonyl (C=O) groups excluding carboxylic acids is 1. The van der Waals surface area contributed by atoms with Crippen LogP contribution >= 0.6 is 0 Å². The molecule has 0 spiro atoms. The van der Waals surface area contributed by atoms with Crippen LogP contribution in [0.25, 0.3) is 0 Å². The number of rotatable bonds is 5. The first kappa shape index (κ1) is 25.2. The highest BCUT2D eigenvalue weighted by Gasteiger charge is 2.37. The van der Waals surface area contributed by atoms with Gasteiger partial charge in [0.05, 0.1) is 11.1 Å². The Bertz CT molecular complexity index is 956. The summed E-state index contributed by atoms with van der Waals surface area (Å²) in [4.78, 5) is 24.0. The van der Waals surface area contributed by atoms with Crippen molar-refractivity contribution in [3.8, 4) is 0 Å². The predicted molar refractivity (Wildman–Crippen MR) is 104 cm³/mol. The molecule has 0 heterocycles. The van der Waals surface area contributed by atoms with E-state index >= 15 is 0 Å². The maximum absolute atomic E-state index is 13.0. The zero-order valence-corrected chi connectivity index (χ0v) is 17.4. The van der Waals surface area contributed by atoms with Gasteiger partial charge in [-0.25, -0.2) is 4.79 Å². The summed E-state index contributed by atoms with van der Waals surface area (Å²) in [6.45, 7) is 5.94. The van der Waals surface area contributed by atoms with Crippen molar-refractivity contribution in [2.75, 3.05) is 0 Å². The number of hydrogen-bond donors (Lipinski definition) is 2. The Morgan fingerprint density at radius 2 is 1.31 bits per heavy atom. The highest BCUT2D eigenvalue weighted by atomic mass is 19.4. The first-order valence-electron chi connectivity index (χ1n) is 9.41. The quantitative estimate of drug-likeness (QED) is 0.583. The van der Waals surface area contributed by atoms with E-state index in [2.05, 4.69) is 0 Å². The summed E-state index contributed by atoms with van der Waals surface area (Å²) >= 11 is 0. The summed E-state index contributed by atoms with van der Waals surface area (Å²) in [5.74, 6) is -2.85. The Kier molecular flexibility index (Phi) is 6.96. The van der Waals surface area contributed by atoms with Crippen LogP contribution in [0.5, 0.6) is 0 Å². The maximum Gasteiger partial charge on any atom is 0.416 e. The van der Waals surface area contributed by atoms with E-state index in [9.17, 15) is 41.0 Å². The van der Waals surface area contributed by atoms with E-state index in [0.29, 0.717) is 5.56 Å². The number of alkyl halides is 6. The van der Waals surface area contributed by atoms with Gasteiger partial charge in [-0.1, -0.05) is 45.0 Å². The molecule has 4 nitrogen and oxygen atoms in total. The van der Waals surface area contributed by atoms with Crippen molar-refractivity contribution in [3.63, 3.8) is 0 Å². The monoisotopic (exact) mass is 461 g/mol. The third-order valence-electron chi connectivity index (χ3n) is 4.71. The topological polar surface area (TPSA) is 66.4 Å². The van der Waals surface area contributed by atoms with Gasteiger partial charge in [0.15, 0.2) is 0 Å². The van der Waals surface area contributed by atoms with E-state index < -0.39 is 47.0 Å². The molecule has 32 heavy (non-hydrogen) atoms. The van der Waals surface area contributed by atoms with Crippen LogP contribution in [0.1, 0.15) is 53.4 Å². The molecule has 0 aliphatic heterocycles. The van der Waals surface area contributed by atoms with Crippen LogP contribution in [-0.4, -0.2) is 23.0 Å². The molecule has 0 unspecified atom stereocenters. The van der Waals surface area contributed by atoms with Gasteiger partial charge in [0.1, 0.15) is 6.04 Å². The van der Waals surface area contributed by atoms with Gasteiger partial charge >= 0.3 is 18.3 Å². The molecule has 2 aromatic rings. The summed E-state index contributed by atoms with van der Waals surface area (Å²) < 4.78 is 78.0. The van der Waals surface area contributed by atoms with Gasteiger partial charge in [0.25, 0.3) is 5.91 Å². The Labute approximate surface area is 180 Å². The van der Waals surface area contributed by atoms with Crippen LogP contribution in [0.3, 0.4) is 0 Å². The number of carboxylic acid groups (broad SMARTS) is 1. The van der Waals surface area contributed by atoms with Crippen LogP contribution in [0.2, 0.25) is 0 Å². The maximum atomic E-state index is 13.0. The van der Waals surface area contributed by atoms with E-state index in [0.717, 1.165) is 5.56 Å². The number of hydrogen-bond acceptors (Lipinski definition) is 2. The van der Waals surface area contributed by atoms with Crippen LogP contribution < -0.4 is 5.32 Å². The van der Waals surface area contributed by atoms with E-state index in [4.69, 9.17) is 0 Å². The Hall–Kier alpha value is -3.04. The minimum Gasteiger partial charge on any atom is -0.480 e. The lowest BCUT2D eigenvalue weighted by molar-refractivity contribution is -0.143. The van der Waals surface area contributed by atoms with Crippen LogP contribution in [0, 0.1) is 0 Å². The van der Waals surface area contributed by atoms with Gasteiger partial charge in [-0.3, -0.25) is 4.79 Å². The average Bonchev–Trinajstić information content (AvgIpc) is 2.65. The summed E-state index contributed by atoms with van der Waals surface area (Å²) in [6, 6.07) is 5.68.